The van der Waals surface area contributed by atoms with Crippen molar-refractivity contribution in [1.29, 1.82) is 0 Å². The first kappa shape index (κ1) is 27.4. The number of carboxylic acid groups (broad SMARTS) is 2. The monoisotopic (exact) mass is 540 g/mol. The van der Waals surface area contributed by atoms with Crippen molar-refractivity contribution in [3.63, 3.8) is 0 Å². The lowest BCUT2D eigenvalue weighted by molar-refractivity contribution is -0.122. The van der Waals surface area contributed by atoms with Crippen molar-refractivity contribution >= 4 is 23.8 Å². The number of nitrogens with zero attached hydrogens (tertiary/aromatic N) is 2. The highest BCUT2D eigenvalue weighted by molar-refractivity contribution is 7.10. The molecule has 1 unspecified atom stereocenters. The fourth-order valence-electron chi connectivity index (χ4n) is 5.14. The standard InChI is InChI=1S/C27H30N2O5S.CH2O2/c1-33-24-15-19-18(14-25(24)34-11-6-10-28-8-3-2-4-9-28)13-22(26-7-5-12-35-26)29-17-20(27(31)32)23(30)16-21(19)29;2-1-3/h5,7,12,14-17,22H,2-4,6,8-11,13H2,1H3,(H,31,32);1H,(H,2,3). The zero-order valence-corrected chi connectivity index (χ0v) is 22.1. The lowest BCUT2D eigenvalue weighted by Crippen LogP contribution is -2.31. The van der Waals surface area contributed by atoms with Crippen LogP contribution < -0.4 is 14.9 Å². The zero-order chi connectivity index (χ0) is 27.1. The first-order valence-corrected chi connectivity index (χ1v) is 13.5. The van der Waals surface area contributed by atoms with Gasteiger partial charge in [-0.1, -0.05) is 12.5 Å². The van der Waals surface area contributed by atoms with Gasteiger partial charge in [0.05, 0.1) is 25.5 Å². The second-order valence-electron chi connectivity index (χ2n) is 9.25. The van der Waals surface area contributed by atoms with Crippen LogP contribution in [0, 0.1) is 0 Å². The highest BCUT2D eigenvalue weighted by Crippen LogP contribution is 2.43. The predicted molar refractivity (Wildman–Crippen MR) is 145 cm³/mol. The van der Waals surface area contributed by atoms with Crippen LogP contribution in [0.2, 0.25) is 0 Å². The van der Waals surface area contributed by atoms with Gasteiger partial charge in [0.25, 0.3) is 6.47 Å². The molecule has 4 heterocycles. The Hall–Kier alpha value is -3.63. The molecule has 2 aliphatic heterocycles. The summed E-state index contributed by atoms with van der Waals surface area (Å²) in [5.74, 6) is 0.0947. The minimum absolute atomic E-state index is 0.100. The normalized spacial score (nSPS) is 16.4. The summed E-state index contributed by atoms with van der Waals surface area (Å²) in [7, 11) is 1.61. The Morgan fingerprint density at radius 1 is 1.18 bits per heavy atom. The molecule has 2 N–H and O–H groups in total. The van der Waals surface area contributed by atoms with Gasteiger partial charge < -0.3 is 29.2 Å². The van der Waals surface area contributed by atoms with E-state index in [9.17, 15) is 14.7 Å². The molecule has 0 bridgehead atoms. The van der Waals surface area contributed by atoms with E-state index in [0.29, 0.717) is 30.2 Å². The van der Waals surface area contributed by atoms with Crippen LogP contribution in [0.15, 0.2) is 46.7 Å². The first-order chi connectivity index (χ1) is 18.5. The predicted octanol–water partition coefficient (Wildman–Crippen LogP) is 4.38. The number of methoxy groups -OCH3 is 1. The van der Waals surface area contributed by atoms with Gasteiger partial charge in [-0.05, 0) is 67.9 Å². The number of hydrogen-bond acceptors (Lipinski definition) is 7. The summed E-state index contributed by atoms with van der Waals surface area (Å²) in [4.78, 5) is 36.2. The third-order valence-corrected chi connectivity index (χ3v) is 7.89. The van der Waals surface area contributed by atoms with E-state index >= 15 is 0 Å². The average molecular weight is 541 g/mol. The fourth-order valence-corrected chi connectivity index (χ4v) is 5.97. The number of thiophene rings is 1. The third kappa shape index (κ3) is 6.08. The molecule has 0 saturated carbocycles. The topological polar surface area (TPSA) is 118 Å². The second kappa shape index (κ2) is 12.7. The lowest BCUT2D eigenvalue weighted by atomic mass is 9.91. The molecule has 3 aromatic rings. The van der Waals surface area contributed by atoms with Gasteiger partial charge in [-0.3, -0.25) is 9.59 Å². The smallest absolute Gasteiger partial charge is 0.341 e. The van der Waals surface area contributed by atoms with Gasteiger partial charge in [-0.15, -0.1) is 11.3 Å². The van der Waals surface area contributed by atoms with Gasteiger partial charge in [0.15, 0.2) is 16.9 Å². The minimum atomic E-state index is -1.22. The number of likely N-dealkylation sites (tertiary alicyclic amines) is 1. The van der Waals surface area contributed by atoms with Crippen molar-refractivity contribution in [2.45, 2.75) is 38.1 Å². The average Bonchev–Trinajstić information content (AvgIpc) is 3.46. The number of pyridine rings is 1. The molecule has 1 atom stereocenters. The Labute approximate surface area is 224 Å². The van der Waals surface area contributed by atoms with E-state index in [1.807, 2.05) is 34.2 Å². The van der Waals surface area contributed by atoms with Crippen LogP contribution in [0.4, 0.5) is 0 Å². The first-order valence-electron chi connectivity index (χ1n) is 12.6. The Balaban J connectivity index is 0.00000107. The van der Waals surface area contributed by atoms with Gasteiger partial charge in [-0.25, -0.2) is 4.79 Å². The summed E-state index contributed by atoms with van der Waals surface area (Å²) in [6.07, 6.45) is 6.99. The molecule has 10 heteroatoms. The maximum atomic E-state index is 12.6. The van der Waals surface area contributed by atoms with E-state index in [2.05, 4.69) is 4.90 Å². The summed E-state index contributed by atoms with van der Waals surface area (Å²) >= 11 is 1.62. The van der Waals surface area contributed by atoms with E-state index in [1.165, 1.54) is 44.6 Å². The Morgan fingerprint density at radius 2 is 1.95 bits per heavy atom. The maximum Gasteiger partial charge on any atom is 0.341 e. The van der Waals surface area contributed by atoms with E-state index in [1.54, 1.807) is 18.4 Å². The Bertz CT molecular complexity index is 1310. The minimum Gasteiger partial charge on any atom is -0.493 e. The second-order valence-corrected chi connectivity index (χ2v) is 10.2. The molecule has 0 radical (unpaired) electrons. The van der Waals surface area contributed by atoms with Crippen LogP contribution in [0.5, 0.6) is 11.5 Å². The SMILES string of the molecule is COc1cc2c(cc1OCCCN1CCCCC1)CC(c1cccs1)n1cc(C(=O)O)c(=O)cc1-2.O=CO. The summed E-state index contributed by atoms with van der Waals surface area (Å²) in [5.41, 5.74) is 1.88. The van der Waals surface area contributed by atoms with Crippen LogP contribution in [0.25, 0.3) is 11.3 Å². The molecule has 38 heavy (non-hydrogen) atoms. The van der Waals surface area contributed by atoms with Gasteiger partial charge >= 0.3 is 5.97 Å². The summed E-state index contributed by atoms with van der Waals surface area (Å²) in [6, 6.07) is 9.29. The fraction of sp³-hybridized carbons (Fsp3) is 0.393. The van der Waals surface area contributed by atoms with Crippen molar-refractivity contribution in [2.75, 3.05) is 33.4 Å². The van der Waals surface area contributed by atoms with Gasteiger partial charge in [0.2, 0.25) is 0 Å². The number of carboxylic acids is 1. The molecule has 2 aromatic heterocycles. The third-order valence-electron chi connectivity index (χ3n) is 6.92. The molecule has 1 aromatic carbocycles. The summed E-state index contributed by atoms with van der Waals surface area (Å²) in [5, 5.41) is 18.4. The molecule has 5 rings (SSSR count). The van der Waals surface area contributed by atoms with E-state index in [4.69, 9.17) is 19.4 Å². The Kier molecular flexibility index (Phi) is 9.19. The number of carbonyl (C=O) groups is 2. The van der Waals surface area contributed by atoms with Crippen LogP contribution in [-0.4, -0.2) is 65.5 Å². The highest BCUT2D eigenvalue weighted by Gasteiger charge is 2.29. The molecule has 1 fully saturated rings. The number of aromatic nitrogens is 1. The molecule has 0 spiro atoms. The van der Waals surface area contributed by atoms with Crippen LogP contribution >= 0.6 is 11.3 Å². The van der Waals surface area contributed by atoms with Gasteiger partial charge in [0.1, 0.15) is 5.56 Å². The number of benzene rings is 1. The molecule has 2 aliphatic rings. The highest BCUT2D eigenvalue weighted by atomic mass is 32.1. The van der Waals surface area contributed by atoms with Gasteiger partial charge in [-0.2, -0.15) is 0 Å². The largest absolute Gasteiger partial charge is 0.493 e. The van der Waals surface area contributed by atoms with Gasteiger partial charge in [0, 0.05) is 29.2 Å². The van der Waals surface area contributed by atoms with Crippen molar-refractivity contribution < 1.29 is 29.3 Å². The lowest BCUT2D eigenvalue weighted by Gasteiger charge is -2.31. The zero-order valence-electron chi connectivity index (χ0n) is 21.3. The molecule has 0 aliphatic carbocycles. The molecular formula is C28H32N2O7S. The van der Waals surface area contributed by atoms with Crippen molar-refractivity contribution in [1.82, 2.24) is 9.47 Å². The van der Waals surface area contributed by atoms with Crippen LogP contribution in [0.1, 0.15) is 52.5 Å². The number of rotatable bonds is 8. The number of ether oxygens (including phenoxy) is 2. The van der Waals surface area contributed by atoms with Crippen LogP contribution in [0.3, 0.4) is 0 Å². The van der Waals surface area contributed by atoms with Crippen LogP contribution in [-0.2, 0) is 11.2 Å². The van der Waals surface area contributed by atoms with E-state index in [0.717, 1.165) is 29.0 Å². The molecule has 202 valence electrons. The van der Waals surface area contributed by atoms with Crippen molar-refractivity contribution in [2.24, 2.45) is 0 Å². The van der Waals surface area contributed by atoms with Crippen molar-refractivity contribution in [3.05, 3.63) is 68.1 Å². The number of fused-ring (bicyclic) bond motifs is 3. The summed E-state index contributed by atoms with van der Waals surface area (Å²) < 4.78 is 13.7. The van der Waals surface area contributed by atoms with E-state index < -0.39 is 11.4 Å². The molecule has 9 nitrogen and oxygen atoms in total. The molecular weight excluding hydrogens is 508 g/mol. The quantitative estimate of drug-likeness (QED) is 0.319. The molecule has 0 amide bonds. The maximum absolute atomic E-state index is 12.6. The number of piperidine rings is 1. The molecule has 1 saturated heterocycles. The van der Waals surface area contributed by atoms with E-state index in [-0.39, 0.29) is 18.1 Å². The number of hydrogen-bond donors (Lipinski definition) is 2. The Morgan fingerprint density at radius 3 is 2.61 bits per heavy atom. The number of aromatic carboxylic acids is 1. The van der Waals surface area contributed by atoms with Crippen molar-refractivity contribution in [3.8, 4) is 22.8 Å². The summed E-state index contributed by atoms with van der Waals surface area (Å²) in [6.45, 7) is 3.75.